The first-order valence-electron chi connectivity index (χ1n) is 13.4. The van der Waals surface area contributed by atoms with Gasteiger partial charge in [-0.2, -0.15) is 9.59 Å². The van der Waals surface area contributed by atoms with Crippen LogP contribution in [0, 0.1) is 6.92 Å². The minimum Gasteiger partial charge on any atom is -0.441 e. The van der Waals surface area contributed by atoms with Crippen molar-refractivity contribution in [3.63, 3.8) is 0 Å². The zero-order valence-corrected chi connectivity index (χ0v) is 21.3. The Morgan fingerprint density at radius 1 is 1.03 bits per heavy atom. The Kier molecular flexibility index (Phi) is 6.13. The minimum absolute atomic E-state index is 0.199. The van der Waals surface area contributed by atoms with Crippen molar-refractivity contribution < 1.29 is 19.1 Å². The highest BCUT2D eigenvalue weighted by atomic mass is 16.6. The number of anilines is 1. The molecule has 2 aromatic carbocycles. The van der Waals surface area contributed by atoms with E-state index in [4.69, 9.17) is 14.3 Å². The van der Waals surface area contributed by atoms with E-state index >= 15 is 0 Å². The summed E-state index contributed by atoms with van der Waals surface area (Å²) in [7, 11) is 0. The van der Waals surface area contributed by atoms with Crippen LogP contribution >= 0.6 is 0 Å². The fraction of sp³-hybridized carbons (Fsp3) is 0.467. The molecule has 7 heteroatoms. The van der Waals surface area contributed by atoms with Crippen molar-refractivity contribution in [3.05, 3.63) is 65.4 Å². The summed E-state index contributed by atoms with van der Waals surface area (Å²) in [6, 6.07) is 15.5. The Labute approximate surface area is 217 Å². The fourth-order valence-electron chi connectivity index (χ4n) is 6.17. The van der Waals surface area contributed by atoms with Crippen molar-refractivity contribution in [1.29, 1.82) is 0 Å². The summed E-state index contributed by atoms with van der Waals surface area (Å²) in [4.78, 5) is 33.3. The van der Waals surface area contributed by atoms with Gasteiger partial charge in [-0.3, -0.25) is 9.80 Å². The van der Waals surface area contributed by atoms with Gasteiger partial charge in [0.15, 0.2) is 0 Å². The number of rotatable bonds is 5. The molecule has 1 amide bonds. The lowest BCUT2D eigenvalue weighted by atomic mass is 9.91. The number of hydrogen-bond acceptors (Lipinski definition) is 5. The molecule has 0 atom stereocenters. The number of para-hydroxylation sites is 1. The van der Waals surface area contributed by atoms with Crippen molar-refractivity contribution in [2.45, 2.75) is 69.6 Å². The fourth-order valence-corrected chi connectivity index (χ4v) is 6.17. The van der Waals surface area contributed by atoms with Gasteiger partial charge in [-0.1, -0.05) is 24.3 Å². The molecule has 1 aromatic heterocycles. The predicted molar refractivity (Wildman–Crippen MR) is 139 cm³/mol. The quantitative estimate of drug-likeness (QED) is 0.459. The highest BCUT2D eigenvalue weighted by Crippen LogP contribution is 2.45. The highest BCUT2D eigenvalue weighted by molar-refractivity contribution is 5.90. The maximum Gasteiger partial charge on any atom is 0.415 e. The largest absolute Gasteiger partial charge is 0.441 e. The zero-order valence-electron chi connectivity index (χ0n) is 21.3. The van der Waals surface area contributed by atoms with Crippen LogP contribution in [0.2, 0.25) is 0 Å². The molecule has 0 radical (unpaired) electrons. The lowest BCUT2D eigenvalue weighted by Gasteiger charge is -2.37. The summed E-state index contributed by atoms with van der Waals surface area (Å²) >= 11 is 0. The molecule has 2 aliphatic heterocycles. The molecule has 3 heterocycles. The monoisotopic (exact) mass is 499 g/mol. The Morgan fingerprint density at radius 3 is 2.38 bits per heavy atom. The van der Waals surface area contributed by atoms with E-state index in [0.29, 0.717) is 12.6 Å². The molecular formula is C30H33N3O4. The molecule has 37 heavy (non-hydrogen) atoms. The van der Waals surface area contributed by atoms with Crippen LogP contribution in [0.5, 0.6) is 0 Å². The number of piperidine rings is 1. The van der Waals surface area contributed by atoms with Gasteiger partial charge in [-0.25, -0.2) is 4.79 Å². The Bertz CT molecular complexity index is 1340. The van der Waals surface area contributed by atoms with Gasteiger partial charge >= 0.3 is 12.2 Å². The summed E-state index contributed by atoms with van der Waals surface area (Å²) in [6.45, 7) is 5.87. The third-order valence-corrected chi connectivity index (χ3v) is 8.41. The molecule has 7 nitrogen and oxygen atoms in total. The molecular weight excluding hydrogens is 466 g/mol. The average Bonchev–Trinajstić information content (AvgIpc) is 3.83. The second-order valence-corrected chi connectivity index (χ2v) is 11.1. The summed E-state index contributed by atoms with van der Waals surface area (Å²) in [5.74, 6) is 0.777. The van der Waals surface area contributed by atoms with Crippen LogP contribution < -0.4 is 4.90 Å². The number of carbonyl (C=O) groups excluding carboxylic acids is 3. The lowest BCUT2D eigenvalue weighted by molar-refractivity contribution is -0.191. The number of aryl methyl sites for hydroxylation is 1. The first kappa shape index (κ1) is 24.0. The number of fused-ring (bicyclic) bond motifs is 1. The molecule has 0 N–H and O–H groups in total. The zero-order chi connectivity index (χ0) is 25.6. The van der Waals surface area contributed by atoms with E-state index in [9.17, 15) is 4.79 Å². The molecule has 4 aliphatic rings. The summed E-state index contributed by atoms with van der Waals surface area (Å²) in [5, 5.41) is 1.47. The van der Waals surface area contributed by atoms with Gasteiger partial charge in [0.1, 0.15) is 5.60 Å². The first-order valence-corrected chi connectivity index (χ1v) is 13.4. The van der Waals surface area contributed by atoms with Crippen LogP contribution in [0.3, 0.4) is 0 Å². The third kappa shape index (κ3) is 4.70. The van der Waals surface area contributed by atoms with Gasteiger partial charge in [0.05, 0.1) is 12.1 Å². The highest BCUT2D eigenvalue weighted by Gasteiger charge is 2.47. The lowest BCUT2D eigenvalue weighted by Crippen LogP contribution is -2.46. The number of hydrogen-bond donors (Lipinski definition) is 0. The molecule has 192 valence electrons. The molecule has 7 rings (SSSR count). The van der Waals surface area contributed by atoms with E-state index in [1.54, 1.807) is 4.90 Å². The third-order valence-electron chi connectivity index (χ3n) is 8.41. The molecule has 1 spiro atoms. The van der Waals surface area contributed by atoms with Crippen LogP contribution in [-0.2, 0) is 20.9 Å². The topological polar surface area (TPSA) is 71.8 Å². The number of nitrogens with zero attached hydrogens (tertiary/aromatic N) is 3. The van der Waals surface area contributed by atoms with Crippen molar-refractivity contribution in [1.82, 2.24) is 9.47 Å². The molecule has 2 saturated heterocycles. The van der Waals surface area contributed by atoms with Crippen LogP contribution in [0.25, 0.3) is 10.9 Å². The number of ether oxygens (including phenoxy) is 1. The summed E-state index contributed by atoms with van der Waals surface area (Å²) in [6.07, 6.45) is 9.60. The average molecular weight is 500 g/mol. The van der Waals surface area contributed by atoms with Gasteiger partial charge in [0.2, 0.25) is 0 Å². The Balaban J connectivity index is 0.000000804. The van der Waals surface area contributed by atoms with Crippen LogP contribution in [-0.4, -0.2) is 46.9 Å². The van der Waals surface area contributed by atoms with Crippen molar-refractivity contribution >= 4 is 28.8 Å². The number of carbonyl (C=O) groups is 1. The molecule has 0 unspecified atom stereocenters. The molecule has 2 aliphatic carbocycles. The van der Waals surface area contributed by atoms with Gasteiger partial charge in [-0.05, 0) is 73.4 Å². The Morgan fingerprint density at radius 2 is 1.73 bits per heavy atom. The standard InChI is InChI=1S/C29H33N3O2.CO2/c1-20-15-22(21-7-8-21)16-26-23(18-31(27(20)26)25-9-10-25)17-30-13-11-29(12-14-30)19-32(28(33)34-29)24-5-3-2-4-6-24;2-1-3/h2-6,15-16,18,21,25H,7-14,17,19H2,1H3;. The molecule has 2 saturated carbocycles. The molecule has 0 bridgehead atoms. The van der Waals surface area contributed by atoms with Crippen molar-refractivity contribution in [2.75, 3.05) is 24.5 Å². The van der Waals surface area contributed by atoms with Crippen molar-refractivity contribution in [3.8, 4) is 0 Å². The minimum atomic E-state index is -0.346. The Hall–Kier alpha value is -3.41. The SMILES string of the molecule is Cc1cc(C2CC2)cc2c(CN3CCC4(CC3)CN(c3ccccc3)C(=O)O4)cn(C3CC3)c12.O=C=O. The molecule has 4 fully saturated rings. The second kappa shape index (κ2) is 9.47. The number of benzene rings is 2. The van der Waals surface area contributed by atoms with Crippen molar-refractivity contribution in [2.24, 2.45) is 0 Å². The van der Waals surface area contributed by atoms with E-state index in [2.05, 4.69) is 34.7 Å². The maximum atomic E-state index is 12.7. The van der Waals surface area contributed by atoms with Crippen LogP contribution in [0.4, 0.5) is 10.5 Å². The number of likely N-dealkylation sites (tertiary alicyclic amines) is 1. The predicted octanol–water partition coefficient (Wildman–Crippen LogP) is 5.57. The van der Waals surface area contributed by atoms with Gasteiger partial charge in [0, 0.05) is 55.8 Å². The van der Waals surface area contributed by atoms with E-state index in [1.807, 2.05) is 30.3 Å². The first-order chi connectivity index (χ1) is 18.0. The summed E-state index contributed by atoms with van der Waals surface area (Å²) in [5.41, 5.74) is 6.49. The second-order valence-electron chi connectivity index (χ2n) is 11.1. The van der Waals surface area contributed by atoms with Crippen LogP contribution in [0.1, 0.15) is 67.2 Å². The van der Waals surface area contributed by atoms with E-state index in [0.717, 1.165) is 44.1 Å². The van der Waals surface area contributed by atoms with E-state index in [1.165, 1.54) is 53.3 Å². The van der Waals surface area contributed by atoms with E-state index in [-0.39, 0.29) is 17.8 Å². The van der Waals surface area contributed by atoms with Gasteiger partial charge in [0.25, 0.3) is 0 Å². The normalized spacial score (nSPS) is 21.0. The van der Waals surface area contributed by atoms with E-state index < -0.39 is 0 Å². The van der Waals surface area contributed by atoms with Gasteiger partial charge in [-0.15, -0.1) is 0 Å². The van der Waals surface area contributed by atoms with Crippen LogP contribution in [0.15, 0.2) is 48.7 Å². The molecule has 3 aromatic rings. The maximum absolute atomic E-state index is 12.7. The smallest absolute Gasteiger partial charge is 0.415 e. The van der Waals surface area contributed by atoms with Gasteiger partial charge < -0.3 is 9.30 Å². The number of aromatic nitrogens is 1. The number of amides is 1. The summed E-state index contributed by atoms with van der Waals surface area (Å²) < 4.78 is 8.56.